The zero-order valence-electron chi connectivity index (χ0n) is 18.3. The first kappa shape index (κ1) is 21.5. The smallest absolute Gasteiger partial charge is 0.288 e. The third-order valence-electron chi connectivity index (χ3n) is 5.96. The Morgan fingerprint density at radius 3 is 2.21 bits per heavy atom. The molecule has 5 nitrogen and oxygen atoms in total. The van der Waals surface area contributed by atoms with Crippen LogP contribution in [0.4, 0.5) is 4.79 Å². The Morgan fingerprint density at radius 2 is 1.58 bits per heavy atom. The van der Waals surface area contributed by atoms with E-state index in [1.54, 1.807) is 0 Å². The fourth-order valence-corrected chi connectivity index (χ4v) is 5.22. The van der Waals surface area contributed by atoms with Crippen LogP contribution in [0.15, 0.2) is 78.9 Å². The molecule has 0 spiro atoms. The molecule has 0 unspecified atom stereocenters. The van der Waals surface area contributed by atoms with Crippen molar-refractivity contribution in [1.29, 1.82) is 0 Å². The predicted octanol–water partition coefficient (Wildman–Crippen LogP) is 5.34. The van der Waals surface area contributed by atoms with E-state index in [9.17, 15) is 14.7 Å². The average molecular weight is 457 g/mol. The molecule has 0 bridgehead atoms. The lowest BCUT2D eigenvalue weighted by molar-refractivity contribution is -0.125. The summed E-state index contributed by atoms with van der Waals surface area (Å²) in [4.78, 5) is 25.3. The molecule has 1 N–H and O–H groups in total. The second kappa shape index (κ2) is 8.89. The highest BCUT2D eigenvalue weighted by Crippen LogP contribution is 2.41. The van der Waals surface area contributed by atoms with Crippen LogP contribution in [0.3, 0.4) is 0 Å². The van der Waals surface area contributed by atoms with Gasteiger partial charge in [-0.25, -0.2) is 0 Å². The van der Waals surface area contributed by atoms with Crippen molar-refractivity contribution < 1.29 is 14.7 Å². The average Bonchev–Trinajstić information content (AvgIpc) is 3.31. The minimum absolute atomic E-state index is 0.00883. The van der Waals surface area contributed by atoms with Crippen LogP contribution in [0, 0.1) is 6.92 Å². The van der Waals surface area contributed by atoms with Gasteiger partial charge in [0.25, 0.3) is 5.24 Å². The number of nitrogens with zero attached hydrogens (tertiary/aromatic N) is 2. The Morgan fingerprint density at radius 1 is 0.909 bits per heavy atom. The van der Waals surface area contributed by atoms with Gasteiger partial charge in [-0.3, -0.25) is 14.5 Å². The van der Waals surface area contributed by atoms with E-state index in [0.717, 1.165) is 55.5 Å². The third kappa shape index (κ3) is 4.08. The molecule has 33 heavy (non-hydrogen) atoms. The number of carbonyl (C=O) groups is 2. The van der Waals surface area contributed by atoms with Crippen LogP contribution in [-0.4, -0.2) is 44.1 Å². The first-order valence-electron chi connectivity index (χ1n) is 10.9. The lowest BCUT2D eigenvalue weighted by atomic mass is 9.98. The maximum absolute atomic E-state index is 12.1. The minimum Gasteiger partial charge on any atom is -0.389 e. The quantitative estimate of drug-likeness (QED) is 0.425. The van der Waals surface area contributed by atoms with Crippen molar-refractivity contribution in [2.24, 2.45) is 0 Å². The second-order valence-electron chi connectivity index (χ2n) is 8.30. The Labute approximate surface area is 196 Å². The van der Waals surface area contributed by atoms with Gasteiger partial charge in [-0.1, -0.05) is 84.1 Å². The largest absolute Gasteiger partial charge is 0.389 e. The van der Waals surface area contributed by atoms with Gasteiger partial charge in [0.1, 0.15) is 0 Å². The zero-order valence-corrected chi connectivity index (χ0v) is 19.1. The summed E-state index contributed by atoms with van der Waals surface area (Å²) in [6.45, 7) is 2.33. The van der Waals surface area contributed by atoms with Crippen molar-refractivity contribution in [2.45, 2.75) is 19.6 Å². The summed E-state index contributed by atoms with van der Waals surface area (Å²) in [6, 6.07) is 26.7. The molecule has 1 saturated heterocycles. The van der Waals surface area contributed by atoms with Gasteiger partial charge in [-0.05, 0) is 30.2 Å². The first-order valence-corrected chi connectivity index (χ1v) is 11.9. The molecule has 0 saturated carbocycles. The number of amides is 2. The fourth-order valence-electron chi connectivity index (χ4n) is 4.49. The molecule has 0 radical (unpaired) electrons. The SMILES string of the molecule is Cc1ccc2c(c1)c(-c1ccccc1)c(-c1ccccc1)n2C[C@H](O)CN1C(=O)CSC1=O. The lowest BCUT2D eigenvalue weighted by Gasteiger charge is -2.20. The number of carbonyl (C=O) groups excluding carboxylic acids is 2. The molecule has 6 heteroatoms. The standard InChI is InChI=1S/C27H24N2O3S/c1-18-12-13-23-22(14-18)25(19-8-4-2-5-9-19)26(20-10-6-3-7-11-20)28(23)15-21(30)16-29-24(31)17-33-27(29)32/h2-14,21,30H,15-17H2,1H3/t21-/m0/s1. The number of thioether (sulfide) groups is 1. The van der Waals surface area contributed by atoms with E-state index in [1.165, 1.54) is 0 Å². The maximum Gasteiger partial charge on any atom is 0.288 e. The highest BCUT2D eigenvalue weighted by Gasteiger charge is 2.32. The summed E-state index contributed by atoms with van der Waals surface area (Å²) in [5.41, 5.74) is 6.42. The molecule has 0 aliphatic carbocycles. The molecule has 2 amide bonds. The van der Waals surface area contributed by atoms with Crippen LogP contribution in [0.1, 0.15) is 5.56 Å². The van der Waals surface area contributed by atoms with E-state index in [-0.39, 0.29) is 30.0 Å². The van der Waals surface area contributed by atoms with Crippen LogP contribution < -0.4 is 0 Å². The first-order chi connectivity index (χ1) is 16.0. The fraction of sp³-hybridized carbons (Fsp3) is 0.185. The molecule has 1 atom stereocenters. The highest BCUT2D eigenvalue weighted by atomic mass is 32.2. The Bertz CT molecular complexity index is 1320. The van der Waals surface area contributed by atoms with Crippen molar-refractivity contribution >= 4 is 33.8 Å². The van der Waals surface area contributed by atoms with E-state index in [1.807, 2.05) is 36.4 Å². The van der Waals surface area contributed by atoms with E-state index in [0.29, 0.717) is 0 Å². The molecule has 1 aromatic heterocycles. The Hall–Kier alpha value is -3.35. The van der Waals surface area contributed by atoms with E-state index in [4.69, 9.17) is 0 Å². The number of aryl methyl sites for hydroxylation is 1. The number of hydrogen-bond acceptors (Lipinski definition) is 4. The van der Waals surface area contributed by atoms with Crippen LogP contribution >= 0.6 is 11.8 Å². The summed E-state index contributed by atoms with van der Waals surface area (Å²) in [7, 11) is 0. The van der Waals surface area contributed by atoms with Gasteiger partial charge >= 0.3 is 0 Å². The molecular formula is C27H24N2O3S. The van der Waals surface area contributed by atoms with Crippen molar-refractivity contribution in [1.82, 2.24) is 9.47 Å². The van der Waals surface area contributed by atoms with Crippen LogP contribution in [-0.2, 0) is 11.3 Å². The van der Waals surface area contributed by atoms with Crippen LogP contribution in [0.5, 0.6) is 0 Å². The number of benzene rings is 3. The molecule has 2 heterocycles. The minimum atomic E-state index is -0.889. The number of fused-ring (bicyclic) bond motifs is 1. The number of hydrogen-bond donors (Lipinski definition) is 1. The lowest BCUT2D eigenvalue weighted by Crippen LogP contribution is -2.37. The van der Waals surface area contributed by atoms with Crippen LogP contribution in [0.25, 0.3) is 33.3 Å². The van der Waals surface area contributed by atoms with Gasteiger partial charge in [0.2, 0.25) is 5.91 Å². The van der Waals surface area contributed by atoms with Gasteiger partial charge < -0.3 is 9.67 Å². The molecule has 1 fully saturated rings. The molecule has 1 aliphatic heterocycles. The van der Waals surface area contributed by atoms with Gasteiger partial charge in [-0.2, -0.15) is 0 Å². The second-order valence-corrected chi connectivity index (χ2v) is 9.23. The van der Waals surface area contributed by atoms with Crippen LogP contribution in [0.2, 0.25) is 0 Å². The number of aromatic nitrogens is 1. The summed E-state index contributed by atoms with van der Waals surface area (Å²) < 4.78 is 2.12. The number of β-amino-alcohol motifs (C(OH)–C–C–N with tert-alkyl or cyclic N) is 1. The van der Waals surface area contributed by atoms with Crippen molar-refractivity contribution in [2.75, 3.05) is 12.3 Å². The number of imide groups is 1. The van der Waals surface area contributed by atoms with E-state index < -0.39 is 6.10 Å². The summed E-state index contributed by atoms with van der Waals surface area (Å²) in [6.07, 6.45) is -0.889. The Balaban J connectivity index is 1.68. The number of rotatable bonds is 6. The molecule has 1 aliphatic rings. The topological polar surface area (TPSA) is 62.5 Å². The van der Waals surface area contributed by atoms with Gasteiger partial charge in [0, 0.05) is 16.5 Å². The molecular weight excluding hydrogens is 432 g/mol. The third-order valence-corrected chi connectivity index (χ3v) is 6.81. The van der Waals surface area contributed by atoms with Gasteiger partial charge in [0.05, 0.1) is 30.6 Å². The molecule has 5 rings (SSSR count). The van der Waals surface area contributed by atoms with E-state index in [2.05, 4.69) is 54.0 Å². The molecule has 3 aromatic carbocycles. The zero-order chi connectivity index (χ0) is 22.9. The summed E-state index contributed by atoms with van der Waals surface area (Å²) in [5.74, 6) is -0.102. The van der Waals surface area contributed by atoms with E-state index >= 15 is 0 Å². The van der Waals surface area contributed by atoms with Crippen molar-refractivity contribution in [3.63, 3.8) is 0 Å². The predicted molar refractivity (Wildman–Crippen MR) is 133 cm³/mol. The van der Waals surface area contributed by atoms with Gasteiger partial charge in [0.15, 0.2) is 0 Å². The number of aliphatic hydroxyl groups excluding tert-OH is 1. The van der Waals surface area contributed by atoms with Gasteiger partial charge in [-0.15, -0.1) is 0 Å². The Kier molecular flexibility index (Phi) is 5.79. The van der Waals surface area contributed by atoms with Crippen molar-refractivity contribution in [3.05, 3.63) is 84.4 Å². The normalized spacial score (nSPS) is 14.9. The van der Waals surface area contributed by atoms with Crippen molar-refractivity contribution in [3.8, 4) is 22.4 Å². The summed E-state index contributed by atoms with van der Waals surface area (Å²) >= 11 is 0.987. The molecule has 4 aromatic rings. The molecule has 166 valence electrons. The number of aliphatic hydroxyl groups is 1. The summed E-state index contributed by atoms with van der Waals surface area (Å²) in [5, 5.41) is 11.8. The monoisotopic (exact) mass is 456 g/mol. The highest BCUT2D eigenvalue weighted by molar-refractivity contribution is 8.14. The maximum atomic E-state index is 12.1.